The van der Waals surface area contributed by atoms with Crippen LogP contribution in [-0.4, -0.2) is 38.0 Å². The maximum absolute atomic E-state index is 14.1. The molecule has 1 aromatic heterocycles. The van der Waals surface area contributed by atoms with Gasteiger partial charge in [0.1, 0.15) is 5.82 Å². The van der Waals surface area contributed by atoms with E-state index >= 15 is 0 Å². The van der Waals surface area contributed by atoms with E-state index in [1.54, 1.807) is 28.8 Å². The second-order valence-corrected chi connectivity index (χ2v) is 7.67. The highest BCUT2D eigenvalue weighted by Gasteiger charge is 2.19. The van der Waals surface area contributed by atoms with Gasteiger partial charge in [-0.15, -0.1) is 16.8 Å². The van der Waals surface area contributed by atoms with Gasteiger partial charge in [-0.1, -0.05) is 30.0 Å². The summed E-state index contributed by atoms with van der Waals surface area (Å²) in [7, 11) is 0. The third kappa shape index (κ3) is 5.92. The van der Waals surface area contributed by atoms with Crippen LogP contribution in [-0.2, 0) is 11.3 Å². The smallest absolute Gasteiger partial charge is 0.321 e. The van der Waals surface area contributed by atoms with Crippen molar-refractivity contribution in [3.05, 3.63) is 42.7 Å². The van der Waals surface area contributed by atoms with Crippen LogP contribution in [0.25, 0.3) is 11.4 Å². The number of urea groups is 1. The average Bonchev–Trinajstić information content (AvgIpc) is 2.94. The molecule has 0 aliphatic rings. The Morgan fingerprint density at radius 3 is 2.63 bits per heavy atom. The highest BCUT2D eigenvalue weighted by molar-refractivity contribution is 7.99. The minimum absolute atomic E-state index is 0.0376. The molecule has 1 heterocycles. The van der Waals surface area contributed by atoms with Crippen molar-refractivity contribution in [1.29, 1.82) is 0 Å². The van der Waals surface area contributed by atoms with Crippen LogP contribution in [0, 0.1) is 5.82 Å². The minimum atomic E-state index is -0.562. The van der Waals surface area contributed by atoms with Crippen LogP contribution < -0.4 is 10.6 Å². The van der Waals surface area contributed by atoms with E-state index in [0.29, 0.717) is 23.1 Å². The molecule has 2 rings (SSSR count). The van der Waals surface area contributed by atoms with Crippen molar-refractivity contribution in [3.8, 4) is 11.4 Å². The van der Waals surface area contributed by atoms with Gasteiger partial charge in [0.15, 0.2) is 11.0 Å². The van der Waals surface area contributed by atoms with Crippen LogP contribution in [0.5, 0.6) is 0 Å². The molecule has 144 valence electrons. The van der Waals surface area contributed by atoms with Gasteiger partial charge in [0, 0.05) is 12.1 Å². The lowest BCUT2D eigenvalue weighted by Crippen LogP contribution is -2.48. The summed E-state index contributed by atoms with van der Waals surface area (Å²) in [5.41, 5.74) is -0.135. The van der Waals surface area contributed by atoms with Gasteiger partial charge in [-0.2, -0.15) is 0 Å². The van der Waals surface area contributed by atoms with Gasteiger partial charge >= 0.3 is 6.03 Å². The summed E-state index contributed by atoms with van der Waals surface area (Å²) in [5, 5.41) is 13.4. The van der Waals surface area contributed by atoms with Crippen molar-refractivity contribution < 1.29 is 14.0 Å². The van der Waals surface area contributed by atoms with E-state index in [2.05, 4.69) is 27.4 Å². The second-order valence-electron chi connectivity index (χ2n) is 6.73. The Morgan fingerprint density at radius 1 is 1.30 bits per heavy atom. The number of benzene rings is 1. The summed E-state index contributed by atoms with van der Waals surface area (Å²) in [6.45, 7) is 9.48. The number of rotatable bonds is 6. The Labute approximate surface area is 161 Å². The van der Waals surface area contributed by atoms with Crippen LogP contribution in [0.4, 0.5) is 9.18 Å². The first kappa shape index (κ1) is 20.6. The van der Waals surface area contributed by atoms with Crippen molar-refractivity contribution in [2.45, 2.75) is 38.0 Å². The fourth-order valence-corrected chi connectivity index (χ4v) is 2.94. The van der Waals surface area contributed by atoms with Crippen LogP contribution in [0.2, 0.25) is 0 Å². The fourth-order valence-electron chi connectivity index (χ4n) is 2.20. The van der Waals surface area contributed by atoms with Gasteiger partial charge in [0.2, 0.25) is 5.91 Å². The molecule has 2 N–H and O–H groups in total. The molecule has 0 unspecified atom stereocenters. The van der Waals surface area contributed by atoms with Gasteiger partial charge in [-0.05, 0) is 32.9 Å². The number of carbonyl (C=O) groups excluding carboxylic acids is 2. The normalized spacial score (nSPS) is 11.1. The first-order valence-corrected chi connectivity index (χ1v) is 9.23. The molecule has 9 heteroatoms. The zero-order valence-electron chi connectivity index (χ0n) is 15.5. The number of halogens is 1. The van der Waals surface area contributed by atoms with Crippen LogP contribution in [0.15, 0.2) is 42.1 Å². The lowest BCUT2D eigenvalue weighted by Gasteiger charge is -2.20. The summed E-state index contributed by atoms with van der Waals surface area (Å²) in [6, 6.07) is 5.69. The van der Waals surface area contributed by atoms with E-state index in [4.69, 9.17) is 0 Å². The van der Waals surface area contributed by atoms with Crippen molar-refractivity contribution in [2.24, 2.45) is 0 Å². The average molecular weight is 391 g/mol. The SMILES string of the molecule is C=CCn1c(SCC(=O)NC(=O)NC(C)(C)C)nnc1-c1ccccc1F. The van der Waals surface area contributed by atoms with Gasteiger partial charge in [-0.25, -0.2) is 9.18 Å². The Balaban J connectivity index is 2.09. The highest BCUT2D eigenvalue weighted by atomic mass is 32.2. The molecule has 0 aliphatic heterocycles. The van der Waals surface area contributed by atoms with E-state index in [9.17, 15) is 14.0 Å². The maximum Gasteiger partial charge on any atom is 0.321 e. The number of nitrogens with one attached hydrogen (secondary N) is 2. The quantitative estimate of drug-likeness (QED) is 0.584. The Bertz CT molecular complexity index is 845. The Morgan fingerprint density at radius 2 is 2.00 bits per heavy atom. The molecular formula is C18H22FN5O2S. The van der Waals surface area contributed by atoms with Crippen LogP contribution >= 0.6 is 11.8 Å². The lowest BCUT2D eigenvalue weighted by molar-refractivity contribution is -0.117. The van der Waals surface area contributed by atoms with Crippen LogP contribution in [0.1, 0.15) is 20.8 Å². The van der Waals surface area contributed by atoms with Gasteiger partial charge in [0.25, 0.3) is 0 Å². The summed E-state index contributed by atoms with van der Waals surface area (Å²) < 4.78 is 15.7. The predicted molar refractivity (Wildman–Crippen MR) is 103 cm³/mol. The summed E-state index contributed by atoms with van der Waals surface area (Å²) in [5.74, 6) is -0.573. The Kier molecular flexibility index (Phi) is 6.73. The zero-order chi connectivity index (χ0) is 20.0. The summed E-state index contributed by atoms with van der Waals surface area (Å²) in [4.78, 5) is 23.7. The number of allylic oxidation sites excluding steroid dienone is 1. The molecule has 0 fully saturated rings. The molecule has 0 spiro atoms. The first-order valence-electron chi connectivity index (χ1n) is 8.25. The molecule has 7 nitrogen and oxygen atoms in total. The molecule has 0 radical (unpaired) electrons. The number of thioether (sulfide) groups is 1. The minimum Gasteiger partial charge on any atom is -0.333 e. The van der Waals surface area contributed by atoms with E-state index < -0.39 is 23.3 Å². The number of carbonyl (C=O) groups is 2. The first-order chi connectivity index (χ1) is 12.7. The molecule has 0 aliphatic carbocycles. The predicted octanol–water partition coefficient (Wildman–Crippen LogP) is 2.99. The standard InChI is InChI=1S/C18H22FN5O2S/c1-5-10-24-15(12-8-6-7-9-13(12)19)22-23-17(24)27-11-14(25)20-16(26)21-18(2,3)4/h5-9H,1,10-11H2,2-4H3,(H2,20,21,25,26). The Hall–Kier alpha value is -2.68. The van der Waals surface area contributed by atoms with Crippen LogP contribution in [0.3, 0.4) is 0 Å². The molecule has 0 atom stereocenters. The van der Waals surface area contributed by atoms with Crippen molar-refractivity contribution in [1.82, 2.24) is 25.4 Å². The van der Waals surface area contributed by atoms with Gasteiger partial charge in [-0.3, -0.25) is 14.7 Å². The van der Waals surface area contributed by atoms with E-state index in [-0.39, 0.29) is 5.75 Å². The van der Waals surface area contributed by atoms with Crippen molar-refractivity contribution >= 4 is 23.7 Å². The maximum atomic E-state index is 14.1. The molecule has 0 bridgehead atoms. The summed E-state index contributed by atoms with van der Waals surface area (Å²) >= 11 is 1.10. The largest absolute Gasteiger partial charge is 0.333 e. The van der Waals surface area contributed by atoms with Crippen molar-refractivity contribution in [3.63, 3.8) is 0 Å². The number of imide groups is 1. The van der Waals surface area contributed by atoms with Gasteiger partial charge < -0.3 is 5.32 Å². The molecule has 0 saturated carbocycles. The fraction of sp³-hybridized carbons (Fsp3) is 0.333. The van der Waals surface area contributed by atoms with E-state index in [1.165, 1.54) is 6.07 Å². The number of amides is 3. The second kappa shape index (κ2) is 8.81. The van der Waals surface area contributed by atoms with E-state index in [1.807, 2.05) is 20.8 Å². The molecular weight excluding hydrogens is 369 g/mol. The lowest BCUT2D eigenvalue weighted by atomic mass is 10.1. The van der Waals surface area contributed by atoms with Gasteiger partial charge in [0.05, 0.1) is 11.3 Å². The number of aromatic nitrogens is 3. The molecule has 1 aromatic carbocycles. The zero-order valence-corrected chi connectivity index (χ0v) is 16.3. The molecule has 3 amide bonds. The topological polar surface area (TPSA) is 88.9 Å². The van der Waals surface area contributed by atoms with Crippen molar-refractivity contribution in [2.75, 3.05) is 5.75 Å². The summed E-state index contributed by atoms with van der Waals surface area (Å²) in [6.07, 6.45) is 1.63. The highest BCUT2D eigenvalue weighted by Crippen LogP contribution is 2.25. The van der Waals surface area contributed by atoms with E-state index in [0.717, 1.165) is 11.8 Å². The molecule has 27 heavy (non-hydrogen) atoms. The number of hydrogen-bond acceptors (Lipinski definition) is 5. The third-order valence-electron chi connectivity index (χ3n) is 3.22. The monoisotopic (exact) mass is 391 g/mol. The molecule has 0 saturated heterocycles. The number of hydrogen-bond donors (Lipinski definition) is 2. The third-order valence-corrected chi connectivity index (χ3v) is 4.18. The number of nitrogens with zero attached hydrogens (tertiary/aromatic N) is 3. The molecule has 2 aromatic rings.